The van der Waals surface area contributed by atoms with E-state index in [0.29, 0.717) is 24.2 Å². The van der Waals surface area contributed by atoms with Gasteiger partial charge in [0.2, 0.25) is 0 Å². The number of rotatable bonds is 6. The number of carbonyl (C=O) groups excluding carboxylic acids is 1. The van der Waals surface area contributed by atoms with Crippen molar-refractivity contribution < 1.29 is 4.79 Å². The lowest BCUT2D eigenvalue weighted by atomic mass is 9.85. The number of benzene rings is 2. The third kappa shape index (κ3) is 4.06. The van der Waals surface area contributed by atoms with Crippen LogP contribution in [0.3, 0.4) is 0 Å². The van der Waals surface area contributed by atoms with E-state index in [0.717, 1.165) is 19.4 Å². The Morgan fingerprint density at radius 1 is 1.00 bits per heavy atom. The first-order chi connectivity index (χ1) is 14.2. The molecular weight excluding hydrogens is 356 g/mol. The summed E-state index contributed by atoms with van der Waals surface area (Å²) in [6, 6.07) is 20.1. The van der Waals surface area contributed by atoms with Crippen molar-refractivity contribution in [2.75, 3.05) is 13.1 Å². The lowest BCUT2D eigenvalue weighted by molar-refractivity contribution is 0.0956. The molecule has 2 fully saturated rings. The van der Waals surface area contributed by atoms with Gasteiger partial charge in [0.1, 0.15) is 0 Å². The Morgan fingerprint density at radius 3 is 2.17 bits per heavy atom. The van der Waals surface area contributed by atoms with Crippen LogP contribution < -0.4 is 5.32 Å². The van der Waals surface area contributed by atoms with Gasteiger partial charge in [0, 0.05) is 30.7 Å². The average molecular weight is 387 g/mol. The van der Waals surface area contributed by atoms with Crippen molar-refractivity contribution in [2.45, 2.75) is 44.7 Å². The normalized spacial score (nSPS) is 22.9. The summed E-state index contributed by atoms with van der Waals surface area (Å²) in [5.41, 5.74) is 6.09. The van der Waals surface area contributed by atoms with Gasteiger partial charge < -0.3 is 5.32 Å². The SMILES string of the molecule is C=CCN1[C@@H]2CC[C@H]1CC(=C(c1ccccc1)c1ccc(C(=O)NCC)cc1)C2. The highest BCUT2D eigenvalue weighted by Crippen LogP contribution is 2.42. The van der Waals surface area contributed by atoms with Gasteiger partial charge in [-0.15, -0.1) is 6.58 Å². The first-order valence-corrected chi connectivity index (χ1v) is 10.7. The van der Waals surface area contributed by atoms with E-state index in [2.05, 4.69) is 59.3 Å². The van der Waals surface area contributed by atoms with Gasteiger partial charge in [-0.1, -0.05) is 54.1 Å². The number of hydrogen-bond acceptors (Lipinski definition) is 2. The molecular formula is C26H30N2O. The van der Waals surface area contributed by atoms with Crippen LogP contribution in [-0.4, -0.2) is 36.0 Å². The Kier molecular flexibility index (Phi) is 5.96. The van der Waals surface area contributed by atoms with Crippen molar-refractivity contribution >= 4 is 11.5 Å². The van der Waals surface area contributed by atoms with Gasteiger partial charge in [-0.05, 0) is 61.4 Å². The number of amides is 1. The number of fused-ring (bicyclic) bond motifs is 2. The molecule has 0 saturated carbocycles. The highest BCUT2D eigenvalue weighted by atomic mass is 16.1. The number of carbonyl (C=O) groups is 1. The zero-order valence-corrected chi connectivity index (χ0v) is 17.2. The first kappa shape index (κ1) is 19.7. The Labute approximate surface area is 174 Å². The lowest BCUT2D eigenvalue weighted by Crippen LogP contribution is -2.40. The summed E-state index contributed by atoms with van der Waals surface area (Å²) >= 11 is 0. The fourth-order valence-corrected chi connectivity index (χ4v) is 4.99. The second kappa shape index (κ2) is 8.79. The van der Waals surface area contributed by atoms with Gasteiger partial charge in [0.15, 0.2) is 0 Å². The van der Waals surface area contributed by atoms with Crippen LogP contribution in [-0.2, 0) is 0 Å². The van der Waals surface area contributed by atoms with Crippen molar-refractivity contribution in [3.8, 4) is 0 Å². The fourth-order valence-electron chi connectivity index (χ4n) is 4.99. The predicted molar refractivity (Wildman–Crippen MR) is 120 cm³/mol. The number of nitrogens with one attached hydrogen (secondary N) is 1. The van der Waals surface area contributed by atoms with Crippen molar-refractivity contribution in [1.82, 2.24) is 10.2 Å². The molecule has 1 amide bonds. The molecule has 2 aromatic rings. The van der Waals surface area contributed by atoms with Gasteiger partial charge in [0.25, 0.3) is 5.91 Å². The van der Waals surface area contributed by atoms with E-state index < -0.39 is 0 Å². The number of hydrogen-bond donors (Lipinski definition) is 1. The maximum atomic E-state index is 12.2. The molecule has 2 atom stereocenters. The van der Waals surface area contributed by atoms with Crippen LogP contribution in [0.25, 0.3) is 5.57 Å². The molecule has 2 bridgehead atoms. The smallest absolute Gasteiger partial charge is 0.251 e. The lowest BCUT2D eigenvalue weighted by Gasteiger charge is -2.36. The summed E-state index contributed by atoms with van der Waals surface area (Å²) in [7, 11) is 0. The first-order valence-electron chi connectivity index (χ1n) is 10.7. The van der Waals surface area contributed by atoms with Crippen LogP contribution in [0.1, 0.15) is 54.1 Å². The Balaban J connectivity index is 1.71. The van der Waals surface area contributed by atoms with E-state index in [1.807, 2.05) is 25.1 Å². The topological polar surface area (TPSA) is 32.3 Å². The van der Waals surface area contributed by atoms with Crippen LogP contribution >= 0.6 is 0 Å². The molecule has 2 heterocycles. The van der Waals surface area contributed by atoms with E-state index in [1.54, 1.807) is 5.57 Å². The van der Waals surface area contributed by atoms with Gasteiger partial charge in [-0.25, -0.2) is 0 Å². The maximum absolute atomic E-state index is 12.2. The largest absolute Gasteiger partial charge is 0.352 e. The molecule has 4 rings (SSSR count). The molecule has 1 N–H and O–H groups in total. The second-order valence-corrected chi connectivity index (χ2v) is 8.06. The van der Waals surface area contributed by atoms with Gasteiger partial charge in [-0.2, -0.15) is 0 Å². The van der Waals surface area contributed by atoms with Crippen LogP contribution in [0, 0.1) is 0 Å². The molecule has 3 heteroatoms. The van der Waals surface area contributed by atoms with Gasteiger partial charge >= 0.3 is 0 Å². The molecule has 150 valence electrons. The molecule has 29 heavy (non-hydrogen) atoms. The average Bonchev–Trinajstić information content (AvgIpc) is 2.98. The second-order valence-electron chi connectivity index (χ2n) is 8.06. The molecule has 0 aromatic heterocycles. The van der Waals surface area contributed by atoms with Crippen molar-refractivity contribution in [1.29, 1.82) is 0 Å². The van der Waals surface area contributed by atoms with E-state index in [4.69, 9.17) is 0 Å². The molecule has 2 aromatic carbocycles. The van der Waals surface area contributed by atoms with Crippen LogP contribution in [0.2, 0.25) is 0 Å². The Bertz CT molecular complexity index is 882. The predicted octanol–water partition coefficient (Wildman–Crippen LogP) is 5.05. The van der Waals surface area contributed by atoms with E-state index in [-0.39, 0.29) is 5.91 Å². The zero-order chi connectivity index (χ0) is 20.2. The highest BCUT2D eigenvalue weighted by Gasteiger charge is 2.38. The summed E-state index contributed by atoms with van der Waals surface area (Å²) in [6.45, 7) is 7.53. The monoisotopic (exact) mass is 386 g/mol. The summed E-state index contributed by atoms with van der Waals surface area (Å²) in [5, 5.41) is 2.88. The third-order valence-electron chi connectivity index (χ3n) is 6.26. The Hall–Kier alpha value is -2.65. The third-order valence-corrected chi connectivity index (χ3v) is 6.26. The van der Waals surface area contributed by atoms with Gasteiger partial charge in [0.05, 0.1) is 0 Å². The zero-order valence-electron chi connectivity index (χ0n) is 17.2. The standard InChI is InChI=1S/C26H30N2O/c1-3-16-28-23-14-15-24(28)18-22(17-23)25(19-8-6-5-7-9-19)20-10-12-21(13-11-20)26(29)27-4-2/h3,5-13,23-24H,1,4,14-18H2,2H3,(H,27,29)/t23-,24+. The molecule has 2 saturated heterocycles. The molecule has 0 aliphatic carbocycles. The van der Waals surface area contributed by atoms with Crippen LogP contribution in [0.5, 0.6) is 0 Å². The highest BCUT2D eigenvalue weighted by molar-refractivity contribution is 5.95. The van der Waals surface area contributed by atoms with Crippen molar-refractivity contribution in [3.63, 3.8) is 0 Å². The Morgan fingerprint density at radius 2 is 1.59 bits per heavy atom. The van der Waals surface area contributed by atoms with Crippen LogP contribution in [0.15, 0.2) is 72.8 Å². The summed E-state index contributed by atoms with van der Waals surface area (Å²) < 4.78 is 0. The molecule has 0 unspecified atom stereocenters. The van der Waals surface area contributed by atoms with E-state index >= 15 is 0 Å². The molecule has 2 aliphatic heterocycles. The van der Waals surface area contributed by atoms with E-state index in [9.17, 15) is 4.79 Å². The minimum absolute atomic E-state index is 0.0104. The van der Waals surface area contributed by atoms with Gasteiger partial charge in [-0.3, -0.25) is 9.69 Å². The minimum Gasteiger partial charge on any atom is -0.352 e. The quantitative estimate of drug-likeness (QED) is 0.705. The van der Waals surface area contributed by atoms with Crippen LogP contribution in [0.4, 0.5) is 0 Å². The molecule has 0 spiro atoms. The summed E-state index contributed by atoms with van der Waals surface area (Å²) in [5.74, 6) is -0.0104. The minimum atomic E-state index is -0.0104. The molecule has 2 aliphatic rings. The maximum Gasteiger partial charge on any atom is 0.251 e. The van der Waals surface area contributed by atoms with E-state index in [1.165, 1.54) is 29.5 Å². The summed E-state index contributed by atoms with van der Waals surface area (Å²) in [6.07, 6.45) is 6.83. The fraction of sp³-hybridized carbons (Fsp3) is 0.346. The molecule has 0 radical (unpaired) electrons. The number of nitrogens with zero attached hydrogens (tertiary/aromatic N) is 1. The van der Waals surface area contributed by atoms with Crippen molar-refractivity contribution in [3.05, 3.63) is 89.5 Å². The van der Waals surface area contributed by atoms with Crippen molar-refractivity contribution in [2.24, 2.45) is 0 Å². The molecule has 3 nitrogen and oxygen atoms in total. The number of piperidine rings is 1. The summed E-state index contributed by atoms with van der Waals surface area (Å²) in [4.78, 5) is 14.8.